The average Bonchev–Trinajstić information content (AvgIpc) is 2.87. The molecule has 1 aliphatic rings. The number of anilines is 1. The number of amides is 1. The summed E-state index contributed by atoms with van der Waals surface area (Å²) in [6.45, 7) is 0.875. The van der Waals surface area contributed by atoms with Gasteiger partial charge in [-0.2, -0.15) is 0 Å². The van der Waals surface area contributed by atoms with Crippen LogP contribution in [-0.2, 0) is 9.53 Å². The second-order valence-electron chi connectivity index (χ2n) is 4.41. The van der Waals surface area contributed by atoms with Gasteiger partial charge in [-0.05, 0) is 25.2 Å². The molecule has 1 aromatic rings. The van der Waals surface area contributed by atoms with E-state index in [9.17, 15) is 9.59 Å². The van der Waals surface area contributed by atoms with Crippen molar-refractivity contribution in [2.24, 2.45) is 5.92 Å². The summed E-state index contributed by atoms with van der Waals surface area (Å²) in [5.74, 6) is -1.45. The van der Waals surface area contributed by atoms with Gasteiger partial charge in [0.15, 0.2) is 0 Å². The number of aromatic carboxylic acids is 1. The molecule has 2 rings (SSSR count). The maximum atomic E-state index is 12.1. The Morgan fingerprint density at radius 3 is 2.84 bits per heavy atom. The molecule has 1 fully saturated rings. The molecule has 102 valence electrons. The molecule has 3 N–H and O–H groups in total. The summed E-state index contributed by atoms with van der Waals surface area (Å²) in [5, 5.41) is 14.6. The smallest absolute Gasteiger partial charge is 0.335 e. The van der Waals surface area contributed by atoms with Crippen LogP contribution >= 0.6 is 0 Å². The number of likely N-dealkylation sites (N-methyl/N-ethyl adjacent to an activating group) is 1. The lowest BCUT2D eigenvalue weighted by molar-refractivity contribution is -0.120. The Bertz CT molecular complexity index is 489. The summed E-state index contributed by atoms with van der Waals surface area (Å²) in [7, 11) is 1.78. The van der Waals surface area contributed by atoms with Crippen molar-refractivity contribution in [2.75, 3.05) is 25.6 Å². The first-order valence-corrected chi connectivity index (χ1v) is 6.01. The largest absolute Gasteiger partial charge is 0.478 e. The van der Waals surface area contributed by atoms with E-state index in [1.807, 2.05) is 0 Å². The molecule has 2 unspecified atom stereocenters. The van der Waals surface area contributed by atoms with Gasteiger partial charge in [0.1, 0.15) is 0 Å². The summed E-state index contributed by atoms with van der Waals surface area (Å²) < 4.78 is 5.26. The molecule has 1 saturated heterocycles. The third kappa shape index (κ3) is 3.10. The zero-order valence-electron chi connectivity index (χ0n) is 10.6. The minimum Gasteiger partial charge on any atom is -0.478 e. The fourth-order valence-electron chi connectivity index (χ4n) is 2.06. The summed E-state index contributed by atoms with van der Waals surface area (Å²) in [5.41, 5.74) is 0.622. The van der Waals surface area contributed by atoms with Crippen LogP contribution in [-0.4, -0.2) is 43.3 Å². The molecule has 0 aromatic heterocycles. The van der Waals surface area contributed by atoms with Gasteiger partial charge in [0, 0.05) is 11.7 Å². The molecular weight excluding hydrogens is 248 g/mol. The van der Waals surface area contributed by atoms with E-state index in [0.29, 0.717) is 18.9 Å². The standard InChI is InChI=1S/C13H16N2O4/c1-14-11-7-19-6-10(11)12(16)15-9-4-2-3-8(5-9)13(17)18/h2-5,10-11,14H,6-7H2,1H3,(H,15,16)(H,17,18). The summed E-state index contributed by atoms with van der Waals surface area (Å²) in [4.78, 5) is 22.9. The SMILES string of the molecule is CNC1COCC1C(=O)Nc1cccc(C(=O)O)c1. The van der Waals surface area contributed by atoms with Crippen molar-refractivity contribution >= 4 is 17.6 Å². The first-order chi connectivity index (χ1) is 9.11. The number of benzene rings is 1. The molecular formula is C13H16N2O4. The van der Waals surface area contributed by atoms with Crippen LogP contribution in [0.5, 0.6) is 0 Å². The lowest BCUT2D eigenvalue weighted by atomic mass is 10.0. The van der Waals surface area contributed by atoms with Gasteiger partial charge in [-0.1, -0.05) is 6.07 Å². The zero-order chi connectivity index (χ0) is 13.8. The van der Waals surface area contributed by atoms with Gasteiger partial charge in [-0.3, -0.25) is 4.79 Å². The van der Waals surface area contributed by atoms with Crippen LogP contribution in [0.15, 0.2) is 24.3 Å². The number of ether oxygens (including phenoxy) is 1. The van der Waals surface area contributed by atoms with Gasteiger partial charge in [0.25, 0.3) is 0 Å². The van der Waals surface area contributed by atoms with E-state index < -0.39 is 5.97 Å². The van der Waals surface area contributed by atoms with E-state index in [4.69, 9.17) is 9.84 Å². The Hall–Kier alpha value is -1.92. The Labute approximate surface area is 110 Å². The van der Waals surface area contributed by atoms with E-state index in [1.54, 1.807) is 19.2 Å². The van der Waals surface area contributed by atoms with Crippen molar-refractivity contribution in [3.05, 3.63) is 29.8 Å². The quantitative estimate of drug-likeness (QED) is 0.739. The molecule has 6 heteroatoms. The first-order valence-electron chi connectivity index (χ1n) is 6.01. The predicted octanol–water partition coefficient (Wildman–Crippen LogP) is 0.558. The Kier molecular flexibility index (Phi) is 4.13. The number of carbonyl (C=O) groups is 2. The van der Waals surface area contributed by atoms with Crippen LogP contribution in [0.4, 0.5) is 5.69 Å². The number of nitrogens with one attached hydrogen (secondary N) is 2. The number of carboxylic acid groups (broad SMARTS) is 1. The highest BCUT2D eigenvalue weighted by molar-refractivity contribution is 5.95. The van der Waals surface area contributed by atoms with Crippen molar-refractivity contribution in [2.45, 2.75) is 6.04 Å². The minimum atomic E-state index is -1.02. The van der Waals surface area contributed by atoms with Crippen LogP contribution in [0.1, 0.15) is 10.4 Å². The number of hydrogen-bond acceptors (Lipinski definition) is 4. The van der Waals surface area contributed by atoms with E-state index >= 15 is 0 Å². The van der Waals surface area contributed by atoms with Crippen molar-refractivity contribution < 1.29 is 19.4 Å². The monoisotopic (exact) mass is 264 g/mol. The third-order valence-electron chi connectivity index (χ3n) is 3.17. The first kappa shape index (κ1) is 13.5. The Morgan fingerprint density at radius 2 is 2.16 bits per heavy atom. The molecule has 1 aromatic carbocycles. The molecule has 0 aliphatic carbocycles. The number of carboxylic acids is 1. The fraction of sp³-hybridized carbons (Fsp3) is 0.385. The molecule has 2 atom stereocenters. The highest BCUT2D eigenvalue weighted by atomic mass is 16.5. The zero-order valence-corrected chi connectivity index (χ0v) is 10.6. The van der Waals surface area contributed by atoms with Crippen LogP contribution < -0.4 is 10.6 Å². The summed E-state index contributed by atoms with van der Waals surface area (Å²) >= 11 is 0. The molecule has 0 saturated carbocycles. The molecule has 6 nitrogen and oxygen atoms in total. The summed E-state index contributed by atoms with van der Waals surface area (Å²) in [6.07, 6.45) is 0. The van der Waals surface area contributed by atoms with Crippen LogP contribution in [0.2, 0.25) is 0 Å². The van der Waals surface area contributed by atoms with E-state index in [-0.39, 0.29) is 23.4 Å². The van der Waals surface area contributed by atoms with Gasteiger partial charge >= 0.3 is 5.97 Å². The van der Waals surface area contributed by atoms with Crippen molar-refractivity contribution in [1.82, 2.24) is 5.32 Å². The third-order valence-corrected chi connectivity index (χ3v) is 3.17. The maximum absolute atomic E-state index is 12.1. The minimum absolute atomic E-state index is 0.0114. The van der Waals surface area contributed by atoms with Crippen LogP contribution in [0.3, 0.4) is 0 Å². The molecule has 1 aliphatic heterocycles. The molecule has 0 spiro atoms. The van der Waals surface area contributed by atoms with E-state index in [1.165, 1.54) is 12.1 Å². The average molecular weight is 264 g/mol. The molecule has 0 bridgehead atoms. The van der Waals surface area contributed by atoms with E-state index in [2.05, 4.69) is 10.6 Å². The molecule has 1 amide bonds. The van der Waals surface area contributed by atoms with Gasteiger partial charge in [0.2, 0.25) is 5.91 Å². The molecule has 19 heavy (non-hydrogen) atoms. The normalized spacial score (nSPS) is 22.2. The number of carbonyl (C=O) groups excluding carboxylic acids is 1. The van der Waals surface area contributed by atoms with Gasteiger partial charge in [0.05, 0.1) is 24.7 Å². The number of hydrogen-bond donors (Lipinski definition) is 3. The molecule has 1 heterocycles. The lowest BCUT2D eigenvalue weighted by Crippen LogP contribution is -2.39. The van der Waals surface area contributed by atoms with Crippen molar-refractivity contribution in [3.63, 3.8) is 0 Å². The highest BCUT2D eigenvalue weighted by Gasteiger charge is 2.32. The van der Waals surface area contributed by atoms with Crippen LogP contribution in [0, 0.1) is 5.92 Å². The van der Waals surface area contributed by atoms with Gasteiger partial charge < -0.3 is 20.5 Å². The second kappa shape index (κ2) is 5.81. The fourth-order valence-corrected chi connectivity index (χ4v) is 2.06. The highest BCUT2D eigenvalue weighted by Crippen LogP contribution is 2.17. The topological polar surface area (TPSA) is 87.7 Å². The Balaban J connectivity index is 2.06. The van der Waals surface area contributed by atoms with E-state index in [0.717, 1.165) is 0 Å². The van der Waals surface area contributed by atoms with Gasteiger partial charge in [-0.15, -0.1) is 0 Å². The van der Waals surface area contributed by atoms with Gasteiger partial charge in [-0.25, -0.2) is 4.79 Å². The number of rotatable bonds is 4. The van der Waals surface area contributed by atoms with Crippen molar-refractivity contribution in [1.29, 1.82) is 0 Å². The van der Waals surface area contributed by atoms with Crippen molar-refractivity contribution in [3.8, 4) is 0 Å². The van der Waals surface area contributed by atoms with Crippen LogP contribution in [0.25, 0.3) is 0 Å². The predicted molar refractivity (Wildman–Crippen MR) is 69.2 cm³/mol. The lowest BCUT2D eigenvalue weighted by Gasteiger charge is -2.16. The Morgan fingerprint density at radius 1 is 1.37 bits per heavy atom. The molecule has 0 radical (unpaired) electrons. The summed E-state index contributed by atoms with van der Waals surface area (Å²) in [6, 6.07) is 6.16. The second-order valence-corrected chi connectivity index (χ2v) is 4.41. The maximum Gasteiger partial charge on any atom is 0.335 e.